The van der Waals surface area contributed by atoms with Crippen LogP contribution in [0.5, 0.6) is 0 Å². The first kappa shape index (κ1) is 13.4. The maximum absolute atomic E-state index is 11.7. The summed E-state index contributed by atoms with van der Waals surface area (Å²) < 4.78 is 9.83. The third-order valence-corrected chi connectivity index (χ3v) is 3.26. The largest absolute Gasteiger partial charge is 0.468 e. The molecule has 16 heavy (non-hydrogen) atoms. The average Bonchev–Trinajstić information content (AvgIpc) is 2.70. The molecule has 0 bridgehead atoms. The number of carbonyl (C=O) groups excluding carboxylic acids is 2. The summed E-state index contributed by atoms with van der Waals surface area (Å²) in [6, 6.07) is 0. The summed E-state index contributed by atoms with van der Waals surface area (Å²) in [4.78, 5) is 22.2. The number of ether oxygens (including phenoxy) is 2. The van der Waals surface area contributed by atoms with Gasteiger partial charge in [0, 0.05) is 13.2 Å². The Morgan fingerprint density at radius 3 is 2.81 bits per heavy atom. The van der Waals surface area contributed by atoms with Crippen LogP contribution in [0, 0.1) is 5.92 Å². The SMILES string of the molecule is COC(=O)C(Br)CNC(=O)C1OCCC1C. The van der Waals surface area contributed by atoms with Gasteiger partial charge in [-0.3, -0.25) is 9.59 Å². The van der Waals surface area contributed by atoms with Crippen LogP contribution in [0.25, 0.3) is 0 Å². The number of hydrogen-bond donors (Lipinski definition) is 1. The maximum Gasteiger partial charge on any atom is 0.321 e. The highest BCUT2D eigenvalue weighted by Crippen LogP contribution is 2.19. The minimum Gasteiger partial charge on any atom is -0.468 e. The Hall–Kier alpha value is -0.620. The highest BCUT2D eigenvalue weighted by Gasteiger charge is 2.31. The smallest absolute Gasteiger partial charge is 0.321 e. The van der Waals surface area contributed by atoms with Crippen molar-refractivity contribution in [3.05, 3.63) is 0 Å². The van der Waals surface area contributed by atoms with E-state index >= 15 is 0 Å². The number of hydrogen-bond acceptors (Lipinski definition) is 4. The van der Waals surface area contributed by atoms with Gasteiger partial charge in [0.15, 0.2) is 0 Å². The van der Waals surface area contributed by atoms with Gasteiger partial charge in [0.1, 0.15) is 10.9 Å². The molecule has 0 aliphatic carbocycles. The van der Waals surface area contributed by atoms with Crippen molar-refractivity contribution in [2.45, 2.75) is 24.3 Å². The van der Waals surface area contributed by atoms with E-state index in [1.54, 1.807) is 0 Å². The van der Waals surface area contributed by atoms with Crippen molar-refractivity contribution in [3.8, 4) is 0 Å². The van der Waals surface area contributed by atoms with Crippen molar-refractivity contribution in [1.29, 1.82) is 0 Å². The molecule has 3 atom stereocenters. The second kappa shape index (κ2) is 6.20. The lowest BCUT2D eigenvalue weighted by Crippen LogP contribution is -2.41. The normalized spacial score (nSPS) is 26.2. The van der Waals surface area contributed by atoms with E-state index in [-0.39, 0.29) is 18.4 Å². The fourth-order valence-electron chi connectivity index (χ4n) is 1.53. The van der Waals surface area contributed by atoms with Crippen LogP contribution in [0.1, 0.15) is 13.3 Å². The molecule has 1 saturated heterocycles. The van der Waals surface area contributed by atoms with Gasteiger partial charge in [-0.25, -0.2) is 0 Å². The second-order valence-electron chi connectivity index (χ2n) is 3.79. The molecule has 0 aromatic heterocycles. The molecule has 1 aliphatic heterocycles. The number of rotatable bonds is 4. The van der Waals surface area contributed by atoms with E-state index in [0.29, 0.717) is 6.61 Å². The summed E-state index contributed by atoms with van der Waals surface area (Å²) in [5.41, 5.74) is 0. The molecule has 0 spiro atoms. The molecular formula is C10H16BrNO4. The summed E-state index contributed by atoms with van der Waals surface area (Å²) in [5.74, 6) is -0.342. The first-order valence-corrected chi connectivity index (χ1v) is 6.09. The molecule has 1 fully saturated rings. The molecule has 5 nitrogen and oxygen atoms in total. The third kappa shape index (κ3) is 3.45. The first-order chi connectivity index (χ1) is 7.56. The molecule has 1 N–H and O–H groups in total. The van der Waals surface area contributed by atoms with Gasteiger partial charge < -0.3 is 14.8 Å². The summed E-state index contributed by atoms with van der Waals surface area (Å²) in [5, 5.41) is 2.66. The molecule has 6 heteroatoms. The van der Waals surface area contributed by atoms with Gasteiger partial charge in [0.25, 0.3) is 0 Å². The van der Waals surface area contributed by atoms with Gasteiger partial charge in [0.2, 0.25) is 5.91 Å². The topological polar surface area (TPSA) is 64.6 Å². The Morgan fingerprint density at radius 2 is 2.31 bits per heavy atom. The number of esters is 1. The van der Waals surface area contributed by atoms with Crippen LogP contribution in [0.4, 0.5) is 0 Å². The predicted molar refractivity (Wildman–Crippen MR) is 61.3 cm³/mol. The van der Waals surface area contributed by atoms with Crippen molar-refractivity contribution in [1.82, 2.24) is 5.32 Å². The molecular weight excluding hydrogens is 278 g/mol. The van der Waals surface area contributed by atoms with Crippen molar-refractivity contribution >= 4 is 27.8 Å². The second-order valence-corrected chi connectivity index (χ2v) is 4.90. The molecule has 1 aliphatic rings. The van der Waals surface area contributed by atoms with Crippen LogP contribution in [-0.2, 0) is 19.1 Å². The van der Waals surface area contributed by atoms with Gasteiger partial charge >= 0.3 is 5.97 Å². The summed E-state index contributed by atoms with van der Waals surface area (Å²) in [6.45, 7) is 2.80. The van der Waals surface area contributed by atoms with Gasteiger partial charge in [-0.15, -0.1) is 0 Å². The highest BCUT2D eigenvalue weighted by atomic mass is 79.9. The van der Waals surface area contributed by atoms with Gasteiger partial charge in [-0.05, 0) is 12.3 Å². The number of alkyl halides is 1. The van der Waals surface area contributed by atoms with Crippen molar-refractivity contribution < 1.29 is 19.1 Å². The molecule has 3 unspecified atom stereocenters. The lowest BCUT2D eigenvalue weighted by atomic mass is 10.0. The van der Waals surface area contributed by atoms with Crippen LogP contribution < -0.4 is 5.32 Å². The Bertz CT molecular complexity index is 272. The zero-order valence-electron chi connectivity index (χ0n) is 9.36. The van der Waals surface area contributed by atoms with E-state index in [1.807, 2.05) is 6.92 Å². The van der Waals surface area contributed by atoms with Crippen molar-refractivity contribution in [3.63, 3.8) is 0 Å². The van der Waals surface area contributed by atoms with Crippen LogP contribution >= 0.6 is 15.9 Å². The maximum atomic E-state index is 11.7. The Kier molecular flexibility index (Phi) is 5.21. The Morgan fingerprint density at radius 1 is 1.62 bits per heavy atom. The number of methoxy groups -OCH3 is 1. The van der Waals surface area contributed by atoms with Crippen LogP contribution in [0.2, 0.25) is 0 Å². The minimum atomic E-state index is -0.516. The lowest BCUT2D eigenvalue weighted by Gasteiger charge is -2.15. The van der Waals surface area contributed by atoms with Gasteiger partial charge in [-0.1, -0.05) is 22.9 Å². The lowest BCUT2D eigenvalue weighted by molar-refractivity contribution is -0.139. The van der Waals surface area contributed by atoms with Gasteiger partial charge in [0.05, 0.1) is 7.11 Å². The minimum absolute atomic E-state index is 0.168. The number of nitrogens with one attached hydrogen (secondary N) is 1. The Balaban J connectivity index is 2.32. The molecule has 0 radical (unpaired) electrons. The summed E-state index contributed by atoms with van der Waals surface area (Å²) >= 11 is 3.13. The number of carbonyl (C=O) groups is 2. The van der Waals surface area contributed by atoms with Crippen molar-refractivity contribution in [2.75, 3.05) is 20.3 Å². The highest BCUT2D eigenvalue weighted by molar-refractivity contribution is 9.10. The first-order valence-electron chi connectivity index (χ1n) is 5.17. The van der Waals surface area contributed by atoms with Crippen LogP contribution in [0.3, 0.4) is 0 Å². The predicted octanol–water partition coefficient (Wildman–Crippen LogP) is 0.464. The average molecular weight is 294 g/mol. The molecule has 1 heterocycles. The number of halogens is 1. The van der Waals surface area contributed by atoms with Crippen LogP contribution in [-0.4, -0.2) is 43.1 Å². The van der Waals surface area contributed by atoms with E-state index < -0.39 is 16.9 Å². The quantitative estimate of drug-likeness (QED) is 0.604. The van der Waals surface area contributed by atoms with E-state index in [0.717, 1.165) is 6.42 Å². The fraction of sp³-hybridized carbons (Fsp3) is 0.800. The zero-order chi connectivity index (χ0) is 12.1. The summed E-state index contributed by atoms with van der Waals surface area (Å²) in [7, 11) is 1.31. The molecule has 0 aromatic rings. The van der Waals surface area contributed by atoms with E-state index in [4.69, 9.17) is 4.74 Å². The van der Waals surface area contributed by atoms with Gasteiger partial charge in [-0.2, -0.15) is 0 Å². The molecule has 0 saturated carbocycles. The monoisotopic (exact) mass is 293 g/mol. The summed E-state index contributed by atoms with van der Waals surface area (Å²) in [6.07, 6.45) is 0.504. The van der Waals surface area contributed by atoms with Crippen molar-refractivity contribution in [2.24, 2.45) is 5.92 Å². The molecule has 0 aromatic carbocycles. The van der Waals surface area contributed by atoms with E-state index in [9.17, 15) is 9.59 Å². The standard InChI is InChI=1S/C10H16BrNO4/c1-6-3-4-16-8(6)9(13)12-5-7(11)10(14)15-2/h6-8H,3-5H2,1-2H3,(H,12,13). The molecule has 92 valence electrons. The fourth-order valence-corrected chi connectivity index (χ4v) is 1.88. The molecule has 1 amide bonds. The third-order valence-electron chi connectivity index (χ3n) is 2.56. The zero-order valence-corrected chi connectivity index (χ0v) is 11.0. The Labute approximate surface area is 103 Å². The van der Waals surface area contributed by atoms with Crippen LogP contribution in [0.15, 0.2) is 0 Å². The molecule has 1 rings (SSSR count). The van der Waals surface area contributed by atoms with E-state index in [1.165, 1.54) is 7.11 Å². The number of amides is 1. The van der Waals surface area contributed by atoms with E-state index in [2.05, 4.69) is 26.0 Å².